The molecule has 1 aliphatic heterocycles. The summed E-state index contributed by atoms with van der Waals surface area (Å²) in [5.74, 6) is -0.255. The molecule has 2 N–H and O–H groups in total. The predicted octanol–water partition coefficient (Wildman–Crippen LogP) is -1.42. The van der Waals surface area contributed by atoms with Crippen LogP contribution in [0.25, 0.3) is 0 Å². The smallest absolute Gasteiger partial charge is 0.248 e. The van der Waals surface area contributed by atoms with E-state index in [1.165, 1.54) is 5.01 Å². The maximum Gasteiger partial charge on any atom is 0.248 e. The maximum atomic E-state index is 11.2. The summed E-state index contributed by atoms with van der Waals surface area (Å²) < 4.78 is 21.7. The van der Waals surface area contributed by atoms with Crippen molar-refractivity contribution in [2.75, 3.05) is 25.1 Å². The first-order valence-corrected chi connectivity index (χ1v) is 6.23. The zero-order valence-corrected chi connectivity index (χ0v) is 8.75. The molecule has 0 saturated carbocycles. The van der Waals surface area contributed by atoms with Crippen LogP contribution in [0.3, 0.4) is 0 Å². The fraction of sp³-hybridized carbons (Fsp3) is 0.714. The van der Waals surface area contributed by atoms with Gasteiger partial charge in [-0.25, -0.2) is 13.4 Å². The number of hydrogen-bond donors (Lipinski definition) is 1. The third-order valence-corrected chi connectivity index (χ3v) is 2.74. The van der Waals surface area contributed by atoms with E-state index in [2.05, 4.69) is 5.10 Å². The lowest BCUT2D eigenvalue weighted by molar-refractivity contribution is -0.128. The molecular formula is C7H13N3O3S. The highest BCUT2D eigenvalue weighted by molar-refractivity contribution is 7.90. The molecule has 1 aliphatic rings. The van der Waals surface area contributed by atoms with Crippen molar-refractivity contribution < 1.29 is 13.2 Å². The Morgan fingerprint density at radius 3 is 2.64 bits per heavy atom. The van der Waals surface area contributed by atoms with Gasteiger partial charge in [-0.05, 0) is 0 Å². The van der Waals surface area contributed by atoms with Gasteiger partial charge in [0, 0.05) is 12.8 Å². The number of rotatable bonds is 4. The molecular weight excluding hydrogens is 206 g/mol. The van der Waals surface area contributed by atoms with Crippen LogP contribution in [0.4, 0.5) is 0 Å². The van der Waals surface area contributed by atoms with Gasteiger partial charge in [-0.1, -0.05) is 0 Å². The minimum atomic E-state index is -3.05. The van der Waals surface area contributed by atoms with Crippen LogP contribution in [-0.4, -0.2) is 50.1 Å². The second kappa shape index (κ2) is 4.05. The Hall–Kier alpha value is -0.950. The lowest BCUT2D eigenvalue weighted by Crippen LogP contribution is -2.26. The number of carbonyl (C=O) groups excluding carboxylic acids is 1. The highest BCUT2D eigenvalue weighted by Crippen LogP contribution is 2.07. The van der Waals surface area contributed by atoms with Crippen LogP contribution in [0.2, 0.25) is 0 Å². The molecule has 0 bridgehead atoms. The number of hydrazone groups is 1. The van der Waals surface area contributed by atoms with Crippen molar-refractivity contribution in [3.05, 3.63) is 0 Å². The number of hydrogen-bond acceptors (Lipinski definition) is 5. The number of nitrogens with two attached hydrogens (primary N) is 1. The highest BCUT2D eigenvalue weighted by atomic mass is 32.2. The topological polar surface area (TPSA) is 92.8 Å². The number of sulfone groups is 1. The van der Waals surface area contributed by atoms with E-state index < -0.39 is 9.84 Å². The molecule has 1 heterocycles. The van der Waals surface area contributed by atoms with E-state index in [1.807, 2.05) is 0 Å². The Morgan fingerprint density at radius 1 is 1.57 bits per heavy atom. The molecule has 1 amide bonds. The third-order valence-electron chi connectivity index (χ3n) is 1.81. The van der Waals surface area contributed by atoms with Crippen LogP contribution in [0.1, 0.15) is 6.42 Å². The van der Waals surface area contributed by atoms with E-state index in [4.69, 9.17) is 5.73 Å². The van der Waals surface area contributed by atoms with Crippen LogP contribution in [0, 0.1) is 0 Å². The van der Waals surface area contributed by atoms with E-state index in [1.54, 1.807) is 0 Å². The van der Waals surface area contributed by atoms with Gasteiger partial charge >= 0.3 is 0 Å². The van der Waals surface area contributed by atoms with Gasteiger partial charge in [0.1, 0.15) is 9.84 Å². The zero-order valence-electron chi connectivity index (χ0n) is 7.93. The first kappa shape index (κ1) is 11.1. The van der Waals surface area contributed by atoms with E-state index in [-0.39, 0.29) is 31.2 Å². The minimum absolute atomic E-state index is 0.0694. The van der Waals surface area contributed by atoms with Crippen molar-refractivity contribution in [1.29, 1.82) is 0 Å². The summed E-state index contributed by atoms with van der Waals surface area (Å²) in [7, 11) is -3.05. The molecule has 0 aromatic heterocycles. The maximum absolute atomic E-state index is 11.2. The number of nitrogens with zero attached hydrogens (tertiary/aromatic N) is 2. The minimum Gasteiger partial charge on any atom is -0.325 e. The fourth-order valence-corrected chi connectivity index (χ4v) is 1.57. The Kier molecular flexibility index (Phi) is 3.22. The molecule has 0 aromatic rings. The molecule has 0 fully saturated rings. The fourth-order valence-electron chi connectivity index (χ4n) is 1.07. The van der Waals surface area contributed by atoms with E-state index in [0.717, 1.165) is 6.26 Å². The molecule has 7 heteroatoms. The van der Waals surface area contributed by atoms with Crippen LogP contribution in [-0.2, 0) is 14.6 Å². The second-order valence-corrected chi connectivity index (χ2v) is 5.45. The van der Waals surface area contributed by atoms with Gasteiger partial charge in [0.05, 0.1) is 24.4 Å². The van der Waals surface area contributed by atoms with Gasteiger partial charge in [0.2, 0.25) is 5.91 Å². The predicted molar refractivity (Wildman–Crippen MR) is 52.5 cm³/mol. The van der Waals surface area contributed by atoms with Crippen molar-refractivity contribution in [2.24, 2.45) is 10.8 Å². The Labute approximate surface area is 82.7 Å². The van der Waals surface area contributed by atoms with Crippen LogP contribution < -0.4 is 5.73 Å². The summed E-state index contributed by atoms with van der Waals surface area (Å²) in [4.78, 5) is 11.2. The molecule has 0 saturated heterocycles. The van der Waals surface area contributed by atoms with Crippen molar-refractivity contribution >= 4 is 21.5 Å². The first-order valence-electron chi connectivity index (χ1n) is 4.17. The van der Waals surface area contributed by atoms with Gasteiger partial charge in [0.25, 0.3) is 0 Å². The monoisotopic (exact) mass is 219 g/mol. The molecule has 6 nitrogen and oxygen atoms in total. The Morgan fingerprint density at radius 2 is 2.21 bits per heavy atom. The number of amides is 1. The van der Waals surface area contributed by atoms with Crippen molar-refractivity contribution in [2.45, 2.75) is 6.42 Å². The standard InChI is InChI=1S/C7H13N3O3S/c1-14(12,13)3-2-10-7(11)4-6(5-8)9-10/h2-5,8H2,1H3. The molecule has 14 heavy (non-hydrogen) atoms. The molecule has 0 radical (unpaired) electrons. The summed E-state index contributed by atoms with van der Waals surface area (Å²) in [5, 5.41) is 5.07. The third kappa shape index (κ3) is 3.08. The van der Waals surface area contributed by atoms with Crippen LogP contribution in [0.5, 0.6) is 0 Å². The molecule has 0 unspecified atom stereocenters. The average Bonchev–Trinajstić information content (AvgIpc) is 2.42. The SMILES string of the molecule is CS(=O)(=O)CCN1N=C(CN)CC1=O. The number of carbonyl (C=O) groups is 1. The highest BCUT2D eigenvalue weighted by Gasteiger charge is 2.23. The van der Waals surface area contributed by atoms with Crippen LogP contribution >= 0.6 is 0 Å². The average molecular weight is 219 g/mol. The quantitative estimate of drug-likeness (QED) is 0.628. The first-order chi connectivity index (χ1) is 6.42. The van der Waals surface area contributed by atoms with Crippen molar-refractivity contribution in [1.82, 2.24) is 5.01 Å². The summed E-state index contributed by atoms with van der Waals surface area (Å²) in [6.07, 6.45) is 1.33. The molecule has 0 spiro atoms. The lowest BCUT2D eigenvalue weighted by Gasteiger charge is -2.09. The molecule has 0 atom stereocenters. The second-order valence-electron chi connectivity index (χ2n) is 3.19. The summed E-state index contributed by atoms with van der Waals surface area (Å²) in [5.41, 5.74) is 5.91. The lowest BCUT2D eigenvalue weighted by atomic mass is 10.3. The summed E-state index contributed by atoms with van der Waals surface area (Å²) in [6.45, 7) is 0.349. The molecule has 0 aliphatic carbocycles. The van der Waals surface area contributed by atoms with E-state index in [0.29, 0.717) is 5.71 Å². The van der Waals surface area contributed by atoms with E-state index >= 15 is 0 Å². The molecule has 0 aromatic carbocycles. The van der Waals surface area contributed by atoms with Gasteiger partial charge < -0.3 is 5.73 Å². The Bertz CT molecular complexity index is 360. The van der Waals surface area contributed by atoms with Gasteiger partial charge in [-0.2, -0.15) is 5.10 Å². The normalized spacial score (nSPS) is 17.4. The van der Waals surface area contributed by atoms with E-state index in [9.17, 15) is 13.2 Å². The summed E-state index contributed by atoms with van der Waals surface area (Å²) >= 11 is 0. The Balaban J connectivity index is 2.54. The summed E-state index contributed by atoms with van der Waals surface area (Å²) in [6, 6.07) is 0. The molecule has 1 rings (SSSR count). The van der Waals surface area contributed by atoms with Gasteiger partial charge in [-0.15, -0.1) is 0 Å². The van der Waals surface area contributed by atoms with Crippen LogP contribution in [0.15, 0.2) is 5.10 Å². The van der Waals surface area contributed by atoms with Gasteiger partial charge in [-0.3, -0.25) is 4.79 Å². The van der Waals surface area contributed by atoms with Gasteiger partial charge in [0.15, 0.2) is 0 Å². The molecule has 80 valence electrons. The van der Waals surface area contributed by atoms with Crippen molar-refractivity contribution in [3.8, 4) is 0 Å². The zero-order chi connectivity index (χ0) is 10.8. The largest absolute Gasteiger partial charge is 0.325 e. The van der Waals surface area contributed by atoms with Crippen molar-refractivity contribution in [3.63, 3.8) is 0 Å².